The van der Waals surface area contributed by atoms with Crippen LogP contribution in [-0.4, -0.2) is 44.4 Å². The first-order chi connectivity index (χ1) is 29.7. The highest BCUT2D eigenvalue weighted by molar-refractivity contribution is 6.53. The average molecular weight is 911 g/mol. The Hall–Kier alpha value is -4.59. The van der Waals surface area contributed by atoms with Gasteiger partial charge in [0.15, 0.2) is 5.60 Å². The number of aryl methyl sites for hydroxylation is 2. The fraction of sp³-hybridized carbons (Fsp3) is 0.327. The van der Waals surface area contributed by atoms with Crippen LogP contribution in [0.1, 0.15) is 103 Å². The second-order valence-electron chi connectivity index (χ2n) is 17.1. The van der Waals surface area contributed by atoms with Crippen LogP contribution in [0, 0.1) is 13.8 Å². The van der Waals surface area contributed by atoms with Gasteiger partial charge in [-0.15, -0.1) is 0 Å². The standard InChI is InChI=1S/C52H52Cl4N2O4/c1-31(2)60-43-21-15-37(27-33(43)5)41(35-11-17-39(18-12-35)57-23-7-8-24-57)29-52(46-45(51(59)62-52)47(53)49(55)50(56)48(46)54)30-42(38-16-22-44(34(6)28-38)61-32(3)4)36-13-19-40(20-14-36)58-25-9-10-26-58/h11-22,27-32H,7-10,23-26H2,1-6H3. The van der Waals surface area contributed by atoms with Crippen molar-refractivity contribution in [2.75, 3.05) is 36.0 Å². The van der Waals surface area contributed by atoms with E-state index in [2.05, 4.69) is 70.5 Å². The lowest BCUT2D eigenvalue weighted by Gasteiger charge is -2.28. The number of carbonyl (C=O) groups excluding carboxylic acids is 1. The van der Waals surface area contributed by atoms with Crippen LogP contribution in [0.3, 0.4) is 0 Å². The maximum Gasteiger partial charge on any atom is 0.341 e. The lowest BCUT2D eigenvalue weighted by Crippen LogP contribution is -2.23. The molecule has 0 saturated carbocycles. The quantitative estimate of drug-likeness (QED) is 0.0706. The van der Waals surface area contributed by atoms with E-state index in [1.165, 1.54) is 25.7 Å². The van der Waals surface area contributed by atoms with E-state index < -0.39 is 11.6 Å². The largest absolute Gasteiger partial charge is 0.491 e. The van der Waals surface area contributed by atoms with Gasteiger partial charge in [0, 0.05) is 43.1 Å². The monoisotopic (exact) mass is 908 g/mol. The molecule has 3 aliphatic rings. The third kappa shape index (κ3) is 8.82. The van der Waals surface area contributed by atoms with Crippen molar-refractivity contribution in [3.8, 4) is 11.5 Å². The minimum absolute atomic E-state index is 0.00329. The van der Waals surface area contributed by atoms with Crippen LogP contribution in [0.25, 0.3) is 11.1 Å². The number of benzene rings is 5. The highest BCUT2D eigenvalue weighted by Gasteiger charge is 2.48. The molecule has 0 radical (unpaired) electrons. The molecular formula is C52H52Cl4N2O4. The summed E-state index contributed by atoms with van der Waals surface area (Å²) in [5.74, 6) is 0.908. The van der Waals surface area contributed by atoms with Gasteiger partial charge in [0.05, 0.1) is 37.9 Å². The van der Waals surface area contributed by atoms with Gasteiger partial charge in [-0.25, -0.2) is 4.79 Å². The Morgan fingerprint density at radius 2 is 0.968 bits per heavy atom. The second kappa shape index (κ2) is 18.3. The maximum absolute atomic E-state index is 14.4. The molecule has 5 aromatic rings. The number of halogens is 4. The summed E-state index contributed by atoms with van der Waals surface area (Å²) in [7, 11) is 0. The molecule has 2 saturated heterocycles. The summed E-state index contributed by atoms with van der Waals surface area (Å²) in [6.45, 7) is 16.2. The number of rotatable bonds is 12. The molecule has 0 amide bonds. The number of hydrogen-bond acceptors (Lipinski definition) is 6. The molecule has 322 valence electrons. The second-order valence-corrected chi connectivity index (χ2v) is 18.6. The molecule has 3 aliphatic heterocycles. The van der Waals surface area contributed by atoms with Crippen molar-refractivity contribution in [2.24, 2.45) is 0 Å². The average Bonchev–Trinajstić information content (AvgIpc) is 4.05. The Labute approximate surface area is 386 Å². The molecule has 0 unspecified atom stereocenters. The van der Waals surface area contributed by atoms with Gasteiger partial charge in [0.2, 0.25) is 0 Å². The van der Waals surface area contributed by atoms with Gasteiger partial charge in [0.1, 0.15) is 11.5 Å². The van der Waals surface area contributed by atoms with Gasteiger partial charge in [-0.2, -0.15) is 0 Å². The predicted octanol–water partition coefficient (Wildman–Crippen LogP) is 14.3. The number of cyclic esters (lactones) is 1. The van der Waals surface area contributed by atoms with Crippen LogP contribution in [-0.2, 0) is 10.3 Å². The first-order valence-corrected chi connectivity index (χ1v) is 23.1. The lowest BCUT2D eigenvalue weighted by molar-refractivity contribution is 0.0300. The molecule has 3 heterocycles. The van der Waals surface area contributed by atoms with Gasteiger partial charge in [0.25, 0.3) is 0 Å². The Morgan fingerprint density at radius 3 is 1.35 bits per heavy atom. The molecule has 0 aromatic heterocycles. The molecule has 5 aromatic carbocycles. The van der Waals surface area contributed by atoms with Crippen LogP contribution in [0.4, 0.5) is 11.4 Å². The molecular weight excluding hydrogens is 858 g/mol. The molecule has 0 atom stereocenters. The van der Waals surface area contributed by atoms with E-state index >= 15 is 0 Å². The summed E-state index contributed by atoms with van der Waals surface area (Å²) in [5.41, 5.74) is 8.15. The molecule has 62 heavy (non-hydrogen) atoms. The van der Waals surface area contributed by atoms with Gasteiger partial charge in [-0.3, -0.25) is 0 Å². The van der Waals surface area contributed by atoms with Gasteiger partial charge in [-0.05, 0) is 172 Å². The van der Waals surface area contributed by atoms with Crippen LogP contribution in [0.2, 0.25) is 20.1 Å². The molecule has 2 fully saturated rings. The zero-order valence-electron chi connectivity index (χ0n) is 36.1. The van der Waals surface area contributed by atoms with E-state index in [0.29, 0.717) is 5.56 Å². The molecule has 10 heteroatoms. The zero-order valence-corrected chi connectivity index (χ0v) is 39.1. The van der Waals surface area contributed by atoms with E-state index in [1.54, 1.807) is 0 Å². The molecule has 6 nitrogen and oxygen atoms in total. The van der Waals surface area contributed by atoms with Crippen molar-refractivity contribution in [1.82, 2.24) is 0 Å². The number of anilines is 2. The van der Waals surface area contributed by atoms with Gasteiger partial charge >= 0.3 is 5.97 Å². The van der Waals surface area contributed by atoms with E-state index in [9.17, 15) is 4.79 Å². The number of esters is 1. The first-order valence-electron chi connectivity index (χ1n) is 21.5. The summed E-state index contributed by atoms with van der Waals surface area (Å²) in [4.78, 5) is 19.3. The van der Waals surface area contributed by atoms with Crippen molar-refractivity contribution >= 4 is 74.9 Å². The van der Waals surface area contributed by atoms with Gasteiger partial charge in [-0.1, -0.05) is 82.8 Å². The van der Waals surface area contributed by atoms with Crippen molar-refractivity contribution in [2.45, 2.75) is 85.0 Å². The fourth-order valence-corrected chi connectivity index (χ4v) is 9.92. The fourth-order valence-electron chi connectivity index (χ4n) is 8.85. The topological polar surface area (TPSA) is 51.2 Å². The minimum Gasteiger partial charge on any atom is -0.491 e. The Kier molecular flexibility index (Phi) is 13.0. The summed E-state index contributed by atoms with van der Waals surface area (Å²) < 4.78 is 19.1. The highest BCUT2D eigenvalue weighted by atomic mass is 35.5. The highest BCUT2D eigenvalue weighted by Crippen LogP contribution is 2.54. The number of fused-ring (bicyclic) bond motifs is 1. The van der Waals surface area contributed by atoms with Crippen molar-refractivity contribution in [3.05, 3.63) is 162 Å². The van der Waals surface area contributed by atoms with Crippen LogP contribution < -0.4 is 19.3 Å². The van der Waals surface area contributed by atoms with E-state index in [0.717, 1.165) is 93.6 Å². The van der Waals surface area contributed by atoms with E-state index in [1.807, 2.05) is 78.0 Å². The van der Waals surface area contributed by atoms with Gasteiger partial charge < -0.3 is 24.0 Å². The Bertz CT molecular complexity index is 2420. The lowest BCUT2D eigenvalue weighted by atomic mass is 9.82. The first kappa shape index (κ1) is 44.0. The molecule has 0 aliphatic carbocycles. The Balaban J connectivity index is 1.42. The number of carbonyl (C=O) groups is 1. The Morgan fingerprint density at radius 1 is 0.581 bits per heavy atom. The number of hydrogen-bond donors (Lipinski definition) is 0. The third-order valence-corrected chi connectivity index (χ3v) is 13.6. The normalized spacial score (nSPS) is 18.0. The maximum atomic E-state index is 14.4. The smallest absolute Gasteiger partial charge is 0.341 e. The molecule has 0 bridgehead atoms. The molecule has 0 N–H and O–H groups in total. The summed E-state index contributed by atoms with van der Waals surface area (Å²) in [5, 5.41) is 0.0815. The minimum atomic E-state index is -1.64. The van der Waals surface area contributed by atoms with Crippen LogP contribution >= 0.6 is 46.4 Å². The number of nitrogens with zero attached hydrogens (tertiary/aromatic N) is 2. The summed E-state index contributed by atoms with van der Waals surface area (Å²) >= 11 is 27.8. The van der Waals surface area contributed by atoms with Crippen molar-refractivity contribution in [3.63, 3.8) is 0 Å². The van der Waals surface area contributed by atoms with Crippen LogP contribution in [0.15, 0.2) is 97.1 Å². The van der Waals surface area contributed by atoms with Crippen molar-refractivity contribution in [1.29, 1.82) is 0 Å². The third-order valence-electron chi connectivity index (χ3n) is 11.8. The number of ether oxygens (including phenoxy) is 3. The van der Waals surface area contributed by atoms with Crippen molar-refractivity contribution < 1.29 is 19.0 Å². The summed E-state index contributed by atoms with van der Waals surface area (Å²) in [6.07, 6.45) is 8.63. The van der Waals surface area contributed by atoms with E-state index in [-0.39, 0.29) is 37.9 Å². The molecule has 0 spiro atoms. The molecule has 8 rings (SSSR count). The van der Waals surface area contributed by atoms with Crippen LogP contribution in [0.5, 0.6) is 11.5 Å². The van der Waals surface area contributed by atoms with E-state index in [4.69, 9.17) is 60.6 Å². The SMILES string of the molecule is Cc1cc(C(=CC2(C=C(c3ccc(N4CCCC4)cc3)c3ccc(OC(C)C)c(C)c3)OC(=O)c3c(Cl)c(Cl)c(Cl)c(Cl)c32)c2ccc(N3CCCC3)cc2)ccc1OC(C)C. The predicted molar refractivity (Wildman–Crippen MR) is 257 cm³/mol. The zero-order chi connectivity index (χ0) is 43.9. The summed E-state index contributed by atoms with van der Waals surface area (Å²) in [6, 6.07) is 29.4.